The van der Waals surface area contributed by atoms with Crippen molar-refractivity contribution in [3.8, 4) is 0 Å². The first-order valence-electron chi connectivity index (χ1n) is 6.88. The van der Waals surface area contributed by atoms with Crippen LogP contribution in [0.15, 0.2) is 48.5 Å². The number of amides is 1. The summed E-state index contributed by atoms with van der Waals surface area (Å²) < 4.78 is 0. The van der Waals surface area contributed by atoms with E-state index in [-0.39, 0.29) is 5.91 Å². The van der Waals surface area contributed by atoms with E-state index in [1.54, 1.807) is 6.07 Å². The maximum Gasteiger partial charge on any atom is 0.248 e. The molecule has 2 aromatic rings. The van der Waals surface area contributed by atoms with Crippen molar-refractivity contribution in [2.45, 2.75) is 25.9 Å². The van der Waals surface area contributed by atoms with Gasteiger partial charge >= 0.3 is 0 Å². The van der Waals surface area contributed by atoms with Crippen LogP contribution in [0.1, 0.15) is 28.4 Å². The zero-order valence-electron chi connectivity index (χ0n) is 11.5. The van der Waals surface area contributed by atoms with Crippen molar-refractivity contribution in [1.29, 1.82) is 0 Å². The third-order valence-corrected chi connectivity index (χ3v) is 3.91. The quantitative estimate of drug-likeness (QED) is 0.928. The lowest BCUT2D eigenvalue weighted by molar-refractivity contribution is 0.1000. The summed E-state index contributed by atoms with van der Waals surface area (Å²) in [5, 5.41) is 0. The summed E-state index contributed by atoms with van der Waals surface area (Å²) in [6, 6.07) is 16.6. The van der Waals surface area contributed by atoms with Gasteiger partial charge in [0.05, 0.1) is 0 Å². The van der Waals surface area contributed by atoms with Crippen LogP contribution in [0.5, 0.6) is 0 Å². The lowest BCUT2D eigenvalue weighted by atomic mass is 10.1. The number of para-hydroxylation sites is 1. The number of carbonyl (C=O) groups excluding carboxylic acids is 1. The Bertz CT molecular complexity index is 651. The number of nitrogens with two attached hydrogens (primary N) is 1. The third-order valence-electron chi connectivity index (χ3n) is 3.91. The van der Waals surface area contributed by atoms with Gasteiger partial charge in [0.15, 0.2) is 0 Å². The van der Waals surface area contributed by atoms with Crippen LogP contribution in [-0.2, 0) is 13.0 Å². The van der Waals surface area contributed by atoms with Gasteiger partial charge in [-0.05, 0) is 42.7 Å². The molecule has 0 unspecified atom stereocenters. The van der Waals surface area contributed by atoms with E-state index >= 15 is 0 Å². The summed E-state index contributed by atoms with van der Waals surface area (Å²) in [5.74, 6) is -0.373. The SMILES string of the molecule is C[C@@H]1Cc2ccccc2N1Cc1cccc(C(N)=O)c1. The average Bonchev–Trinajstić information content (AvgIpc) is 2.76. The number of hydrogen-bond donors (Lipinski definition) is 1. The fourth-order valence-corrected chi connectivity index (χ4v) is 2.89. The number of carbonyl (C=O) groups is 1. The average molecular weight is 266 g/mol. The van der Waals surface area contributed by atoms with Crippen molar-refractivity contribution in [3.05, 3.63) is 65.2 Å². The van der Waals surface area contributed by atoms with E-state index in [0.29, 0.717) is 11.6 Å². The molecular formula is C17H18N2O. The minimum absolute atomic E-state index is 0.373. The molecular weight excluding hydrogens is 248 g/mol. The number of hydrogen-bond acceptors (Lipinski definition) is 2. The standard InChI is InChI=1S/C17H18N2O/c1-12-9-14-6-2-3-8-16(14)19(12)11-13-5-4-7-15(10-13)17(18)20/h2-8,10,12H,9,11H2,1H3,(H2,18,20)/t12-/m1/s1. The summed E-state index contributed by atoms with van der Waals surface area (Å²) >= 11 is 0. The molecule has 3 rings (SSSR count). The van der Waals surface area contributed by atoms with Crippen molar-refractivity contribution in [2.75, 3.05) is 4.90 Å². The van der Waals surface area contributed by atoms with Crippen molar-refractivity contribution in [1.82, 2.24) is 0 Å². The summed E-state index contributed by atoms with van der Waals surface area (Å²) in [7, 11) is 0. The molecule has 102 valence electrons. The zero-order chi connectivity index (χ0) is 14.1. The molecule has 1 aliphatic rings. The lowest BCUT2D eigenvalue weighted by Crippen LogP contribution is -2.28. The Morgan fingerprint density at radius 3 is 2.85 bits per heavy atom. The predicted molar refractivity (Wildman–Crippen MR) is 80.8 cm³/mol. The molecule has 0 bridgehead atoms. The van der Waals surface area contributed by atoms with E-state index in [2.05, 4.69) is 36.1 Å². The van der Waals surface area contributed by atoms with E-state index in [0.717, 1.165) is 18.5 Å². The first kappa shape index (κ1) is 12.7. The van der Waals surface area contributed by atoms with Crippen LogP contribution < -0.4 is 10.6 Å². The van der Waals surface area contributed by atoms with Crippen LogP contribution in [0.25, 0.3) is 0 Å². The van der Waals surface area contributed by atoms with Gasteiger partial charge in [-0.2, -0.15) is 0 Å². The highest BCUT2D eigenvalue weighted by atomic mass is 16.1. The second-order valence-electron chi connectivity index (χ2n) is 5.37. The molecule has 0 aliphatic carbocycles. The fourth-order valence-electron chi connectivity index (χ4n) is 2.89. The zero-order valence-corrected chi connectivity index (χ0v) is 11.5. The molecule has 1 aliphatic heterocycles. The van der Waals surface area contributed by atoms with Gasteiger partial charge in [0.25, 0.3) is 0 Å². The molecule has 0 radical (unpaired) electrons. The normalized spacial score (nSPS) is 17.1. The van der Waals surface area contributed by atoms with Gasteiger partial charge in [-0.15, -0.1) is 0 Å². The Balaban J connectivity index is 1.88. The highest BCUT2D eigenvalue weighted by Crippen LogP contribution is 2.33. The van der Waals surface area contributed by atoms with Gasteiger partial charge in [-0.3, -0.25) is 4.79 Å². The predicted octanol–water partition coefficient (Wildman–Crippen LogP) is 2.74. The van der Waals surface area contributed by atoms with E-state index in [9.17, 15) is 4.79 Å². The Kier molecular flexibility index (Phi) is 3.18. The van der Waals surface area contributed by atoms with Crippen molar-refractivity contribution in [2.24, 2.45) is 5.73 Å². The second-order valence-corrected chi connectivity index (χ2v) is 5.37. The molecule has 0 fully saturated rings. The monoisotopic (exact) mass is 266 g/mol. The van der Waals surface area contributed by atoms with E-state index in [1.165, 1.54) is 11.3 Å². The van der Waals surface area contributed by atoms with Crippen LogP contribution in [-0.4, -0.2) is 11.9 Å². The smallest absolute Gasteiger partial charge is 0.248 e. The van der Waals surface area contributed by atoms with Gasteiger partial charge in [0, 0.05) is 23.8 Å². The maximum atomic E-state index is 11.3. The molecule has 0 saturated carbocycles. The van der Waals surface area contributed by atoms with Crippen LogP contribution in [0.2, 0.25) is 0 Å². The minimum atomic E-state index is -0.373. The summed E-state index contributed by atoms with van der Waals surface area (Å²) in [6.45, 7) is 3.04. The number of nitrogens with zero attached hydrogens (tertiary/aromatic N) is 1. The molecule has 0 saturated heterocycles. The Labute approximate surface area is 119 Å². The largest absolute Gasteiger partial charge is 0.366 e. The van der Waals surface area contributed by atoms with Crippen LogP contribution in [0.4, 0.5) is 5.69 Å². The first-order valence-corrected chi connectivity index (χ1v) is 6.88. The van der Waals surface area contributed by atoms with Gasteiger partial charge in [-0.25, -0.2) is 0 Å². The Morgan fingerprint density at radius 1 is 1.25 bits per heavy atom. The van der Waals surface area contributed by atoms with Gasteiger partial charge in [0.2, 0.25) is 5.91 Å². The lowest BCUT2D eigenvalue weighted by Gasteiger charge is -2.25. The Morgan fingerprint density at radius 2 is 2.05 bits per heavy atom. The number of primary amides is 1. The molecule has 1 atom stereocenters. The Hall–Kier alpha value is -2.29. The third kappa shape index (κ3) is 2.27. The molecule has 0 aromatic heterocycles. The molecule has 2 aromatic carbocycles. The molecule has 3 heteroatoms. The summed E-state index contributed by atoms with van der Waals surface area (Å²) in [5.41, 5.74) is 9.72. The van der Waals surface area contributed by atoms with Crippen molar-refractivity contribution >= 4 is 11.6 Å². The number of benzene rings is 2. The van der Waals surface area contributed by atoms with Gasteiger partial charge in [0.1, 0.15) is 0 Å². The molecule has 0 spiro atoms. The number of rotatable bonds is 3. The van der Waals surface area contributed by atoms with Crippen LogP contribution in [0.3, 0.4) is 0 Å². The summed E-state index contributed by atoms with van der Waals surface area (Å²) in [4.78, 5) is 13.6. The van der Waals surface area contributed by atoms with E-state index in [4.69, 9.17) is 5.73 Å². The van der Waals surface area contributed by atoms with Crippen LogP contribution >= 0.6 is 0 Å². The molecule has 20 heavy (non-hydrogen) atoms. The van der Waals surface area contributed by atoms with Gasteiger partial charge in [-0.1, -0.05) is 30.3 Å². The molecule has 1 amide bonds. The van der Waals surface area contributed by atoms with Crippen molar-refractivity contribution < 1.29 is 4.79 Å². The van der Waals surface area contributed by atoms with E-state index < -0.39 is 0 Å². The summed E-state index contributed by atoms with van der Waals surface area (Å²) in [6.07, 6.45) is 1.08. The molecule has 2 N–H and O–H groups in total. The highest BCUT2D eigenvalue weighted by Gasteiger charge is 2.25. The number of fused-ring (bicyclic) bond motifs is 1. The minimum Gasteiger partial charge on any atom is -0.366 e. The maximum absolute atomic E-state index is 11.3. The van der Waals surface area contributed by atoms with Crippen molar-refractivity contribution in [3.63, 3.8) is 0 Å². The fraction of sp³-hybridized carbons (Fsp3) is 0.235. The van der Waals surface area contributed by atoms with E-state index in [1.807, 2.05) is 18.2 Å². The second kappa shape index (κ2) is 5.00. The highest BCUT2D eigenvalue weighted by molar-refractivity contribution is 5.92. The van der Waals surface area contributed by atoms with Gasteiger partial charge < -0.3 is 10.6 Å². The first-order chi connectivity index (χ1) is 9.65. The molecule has 3 nitrogen and oxygen atoms in total. The molecule has 1 heterocycles. The topological polar surface area (TPSA) is 46.3 Å². The number of anilines is 1. The van der Waals surface area contributed by atoms with Crippen LogP contribution in [0, 0.1) is 0 Å².